The Bertz CT molecular complexity index is 853. The first-order chi connectivity index (χ1) is 12.4. The minimum atomic E-state index is -0.364. The van der Waals surface area contributed by atoms with Crippen LogP contribution in [0.1, 0.15) is 47.9 Å². The normalized spacial score (nSPS) is 23.1. The van der Waals surface area contributed by atoms with Gasteiger partial charge >= 0.3 is 0 Å². The van der Waals surface area contributed by atoms with Gasteiger partial charge in [-0.3, -0.25) is 4.79 Å². The third-order valence-electron chi connectivity index (χ3n) is 5.16. The Balaban J connectivity index is 1.63. The number of hydrogen-bond acceptors (Lipinski definition) is 5. The molecule has 0 aliphatic carbocycles. The molecule has 5 heteroatoms. The summed E-state index contributed by atoms with van der Waals surface area (Å²) in [5, 5.41) is 9.44. The van der Waals surface area contributed by atoms with Crippen molar-refractivity contribution in [2.24, 2.45) is 0 Å². The smallest absolute Gasteiger partial charge is 0.170 e. The fraction of sp³-hybridized carbons (Fsp3) is 0.381. The summed E-state index contributed by atoms with van der Waals surface area (Å²) >= 11 is 0. The van der Waals surface area contributed by atoms with Crippen molar-refractivity contribution in [2.45, 2.75) is 44.5 Å². The highest BCUT2D eigenvalue weighted by molar-refractivity contribution is 6.00. The second-order valence-electron chi connectivity index (χ2n) is 7.40. The van der Waals surface area contributed by atoms with E-state index in [9.17, 15) is 9.90 Å². The molecule has 2 aromatic carbocycles. The third-order valence-corrected chi connectivity index (χ3v) is 5.16. The molecule has 2 aliphatic heterocycles. The SMILES string of the molecule is COc1cc2c(cc1CC1OC1(C)C)C(=O)C[C@@H](c1ccc(O)cc1)O2. The number of carbonyl (C=O) groups excluding carboxylic acids is 1. The predicted molar refractivity (Wildman–Crippen MR) is 96.1 cm³/mol. The van der Waals surface area contributed by atoms with Gasteiger partial charge in [0, 0.05) is 12.5 Å². The van der Waals surface area contributed by atoms with Crippen molar-refractivity contribution in [3.8, 4) is 17.2 Å². The molecule has 0 amide bonds. The summed E-state index contributed by atoms with van der Waals surface area (Å²) in [7, 11) is 1.62. The van der Waals surface area contributed by atoms with Crippen LogP contribution in [0, 0.1) is 0 Å². The van der Waals surface area contributed by atoms with Gasteiger partial charge in [-0.2, -0.15) is 0 Å². The molecule has 0 radical (unpaired) electrons. The number of aromatic hydroxyl groups is 1. The lowest BCUT2D eigenvalue weighted by Crippen LogP contribution is -2.21. The molecule has 26 heavy (non-hydrogen) atoms. The van der Waals surface area contributed by atoms with E-state index in [0.717, 1.165) is 11.1 Å². The molecule has 1 N–H and O–H groups in total. The van der Waals surface area contributed by atoms with E-state index in [-0.39, 0.29) is 35.8 Å². The molecule has 0 bridgehead atoms. The number of carbonyl (C=O) groups is 1. The van der Waals surface area contributed by atoms with Crippen LogP contribution in [0.4, 0.5) is 0 Å². The van der Waals surface area contributed by atoms with Gasteiger partial charge in [-0.25, -0.2) is 0 Å². The maximum Gasteiger partial charge on any atom is 0.170 e. The van der Waals surface area contributed by atoms with E-state index < -0.39 is 0 Å². The molecule has 136 valence electrons. The summed E-state index contributed by atoms with van der Waals surface area (Å²) in [6, 6.07) is 10.4. The van der Waals surface area contributed by atoms with Gasteiger partial charge in [0.2, 0.25) is 0 Å². The number of Topliss-reactive ketones (excluding diaryl/α,β-unsaturated/α-hetero) is 1. The van der Waals surface area contributed by atoms with Gasteiger partial charge in [-0.1, -0.05) is 12.1 Å². The predicted octanol–water partition coefficient (Wildman–Crippen LogP) is 3.83. The molecule has 2 atom stereocenters. The van der Waals surface area contributed by atoms with Gasteiger partial charge in [-0.15, -0.1) is 0 Å². The number of phenolic OH excluding ortho intramolecular Hbond substituents is 1. The van der Waals surface area contributed by atoms with Gasteiger partial charge in [0.25, 0.3) is 0 Å². The van der Waals surface area contributed by atoms with Crippen LogP contribution in [0.2, 0.25) is 0 Å². The minimum Gasteiger partial charge on any atom is -0.508 e. The van der Waals surface area contributed by atoms with E-state index in [4.69, 9.17) is 14.2 Å². The average Bonchev–Trinajstić information content (AvgIpc) is 3.21. The Morgan fingerprint density at radius 3 is 2.54 bits per heavy atom. The van der Waals surface area contributed by atoms with Crippen LogP contribution in [0.3, 0.4) is 0 Å². The monoisotopic (exact) mass is 354 g/mol. The van der Waals surface area contributed by atoms with E-state index >= 15 is 0 Å². The van der Waals surface area contributed by atoms with Crippen LogP contribution in [0.5, 0.6) is 17.2 Å². The summed E-state index contributed by atoms with van der Waals surface area (Å²) < 4.78 is 17.3. The Kier molecular flexibility index (Phi) is 3.92. The number of ether oxygens (including phenoxy) is 3. The average molecular weight is 354 g/mol. The Morgan fingerprint density at radius 1 is 1.23 bits per heavy atom. The molecule has 1 fully saturated rings. The van der Waals surface area contributed by atoms with Crippen molar-refractivity contribution in [3.63, 3.8) is 0 Å². The summed E-state index contributed by atoms with van der Waals surface area (Å²) in [6.07, 6.45) is 0.753. The lowest BCUT2D eigenvalue weighted by Gasteiger charge is -2.26. The van der Waals surface area contributed by atoms with Crippen molar-refractivity contribution >= 4 is 5.78 Å². The second-order valence-corrected chi connectivity index (χ2v) is 7.40. The van der Waals surface area contributed by atoms with Crippen LogP contribution < -0.4 is 9.47 Å². The fourth-order valence-corrected chi connectivity index (χ4v) is 3.44. The van der Waals surface area contributed by atoms with Gasteiger partial charge in [0.1, 0.15) is 23.4 Å². The van der Waals surface area contributed by atoms with Gasteiger partial charge in [0.05, 0.1) is 30.8 Å². The maximum absolute atomic E-state index is 12.7. The number of epoxide rings is 1. The summed E-state index contributed by atoms with van der Waals surface area (Å²) in [5.41, 5.74) is 2.29. The highest BCUT2D eigenvalue weighted by Crippen LogP contribution is 2.43. The molecule has 0 spiro atoms. The number of benzene rings is 2. The largest absolute Gasteiger partial charge is 0.508 e. The van der Waals surface area contributed by atoms with Crippen molar-refractivity contribution in [1.82, 2.24) is 0 Å². The molecular formula is C21H22O5. The number of methoxy groups -OCH3 is 1. The van der Waals surface area contributed by atoms with Crippen LogP contribution >= 0.6 is 0 Å². The number of phenols is 1. The third kappa shape index (κ3) is 3.03. The van der Waals surface area contributed by atoms with Gasteiger partial charge < -0.3 is 19.3 Å². The zero-order valence-corrected chi connectivity index (χ0v) is 15.1. The molecule has 5 nitrogen and oxygen atoms in total. The number of rotatable bonds is 4. The molecular weight excluding hydrogens is 332 g/mol. The topological polar surface area (TPSA) is 68.3 Å². The minimum absolute atomic E-state index is 0.0456. The lowest BCUT2D eigenvalue weighted by molar-refractivity contribution is 0.0849. The van der Waals surface area contributed by atoms with E-state index in [2.05, 4.69) is 13.8 Å². The molecule has 2 aromatic rings. The molecule has 2 heterocycles. The lowest BCUT2D eigenvalue weighted by atomic mass is 9.93. The molecule has 4 rings (SSSR count). The molecule has 1 saturated heterocycles. The highest BCUT2D eigenvalue weighted by Gasteiger charge is 2.47. The van der Waals surface area contributed by atoms with Crippen molar-refractivity contribution in [3.05, 3.63) is 53.1 Å². The maximum atomic E-state index is 12.7. The Labute approximate surface area is 152 Å². The van der Waals surface area contributed by atoms with E-state index in [1.165, 1.54) is 0 Å². The molecule has 0 saturated carbocycles. The van der Waals surface area contributed by atoms with Crippen LogP contribution in [-0.2, 0) is 11.2 Å². The second kappa shape index (κ2) is 6.02. The van der Waals surface area contributed by atoms with Crippen LogP contribution in [0.15, 0.2) is 36.4 Å². The van der Waals surface area contributed by atoms with Gasteiger partial charge in [0.15, 0.2) is 5.78 Å². The van der Waals surface area contributed by atoms with Crippen molar-refractivity contribution in [1.29, 1.82) is 0 Å². The van der Waals surface area contributed by atoms with Crippen molar-refractivity contribution in [2.75, 3.05) is 7.11 Å². The number of hydrogen-bond donors (Lipinski definition) is 1. The quantitative estimate of drug-likeness (QED) is 0.845. The fourth-order valence-electron chi connectivity index (χ4n) is 3.44. The first-order valence-electron chi connectivity index (χ1n) is 8.75. The van der Waals surface area contributed by atoms with E-state index in [0.29, 0.717) is 23.5 Å². The standard InChI is InChI=1S/C21H22O5/c1-21(2)20(26-21)9-13-8-15-16(23)10-18(12-4-6-14(22)7-5-12)25-19(15)11-17(13)24-3/h4-8,11,18,20,22H,9-10H2,1-3H3/t18-,20?/m0/s1. The zero-order chi connectivity index (χ0) is 18.5. The zero-order valence-electron chi connectivity index (χ0n) is 15.1. The van der Waals surface area contributed by atoms with Crippen LogP contribution in [0.25, 0.3) is 0 Å². The van der Waals surface area contributed by atoms with Gasteiger partial charge in [-0.05, 0) is 43.2 Å². The molecule has 1 unspecified atom stereocenters. The number of ketones is 1. The number of fused-ring (bicyclic) bond motifs is 1. The summed E-state index contributed by atoms with van der Waals surface area (Å²) in [5.74, 6) is 1.47. The Morgan fingerprint density at radius 2 is 1.92 bits per heavy atom. The highest BCUT2D eigenvalue weighted by atomic mass is 16.6. The van der Waals surface area contributed by atoms with E-state index in [1.54, 1.807) is 37.4 Å². The van der Waals surface area contributed by atoms with E-state index in [1.807, 2.05) is 6.07 Å². The summed E-state index contributed by atoms with van der Waals surface area (Å²) in [4.78, 5) is 12.7. The Hall–Kier alpha value is -2.53. The van der Waals surface area contributed by atoms with Crippen molar-refractivity contribution < 1.29 is 24.1 Å². The first kappa shape index (κ1) is 16.9. The first-order valence-corrected chi connectivity index (χ1v) is 8.75. The van der Waals surface area contributed by atoms with Crippen LogP contribution in [-0.4, -0.2) is 29.7 Å². The molecule has 2 aliphatic rings. The molecule has 0 aromatic heterocycles. The summed E-state index contributed by atoms with van der Waals surface area (Å²) in [6.45, 7) is 4.11.